The molecule has 3 rings (SSSR count). The maximum atomic E-state index is 6.21. The molecule has 0 aliphatic rings. The van der Waals surface area contributed by atoms with Gasteiger partial charge in [-0.3, -0.25) is 4.98 Å². The molecule has 0 bridgehead atoms. The van der Waals surface area contributed by atoms with Gasteiger partial charge >= 0.3 is 7.48 Å². The minimum atomic E-state index is 0.413. The van der Waals surface area contributed by atoms with Gasteiger partial charge in [0.25, 0.3) is 0 Å². The smallest absolute Gasteiger partial charge is 0.408 e. The highest BCUT2D eigenvalue weighted by atomic mass is 35.5. The van der Waals surface area contributed by atoms with Crippen LogP contribution in [0.1, 0.15) is 0 Å². The Balaban J connectivity index is 1.95. The third-order valence-electron chi connectivity index (χ3n) is 2.93. The Kier molecular flexibility index (Phi) is 4.25. The highest BCUT2D eigenvalue weighted by Crippen LogP contribution is 2.36. The summed E-state index contributed by atoms with van der Waals surface area (Å²) in [5.74, 6) is 0.478. The molecule has 0 saturated carbocycles. The quantitative estimate of drug-likeness (QED) is 0.657. The number of halogens is 3. The van der Waals surface area contributed by atoms with E-state index in [0.717, 1.165) is 10.8 Å². The van der Waals surface area contributed by atoms with Crippen LogP contribution in [-0.2, 0) is 0 Å². The molecule has 0 aliphatic heterocycles. The van der Waals surface area contributed by atoms with Crippen molar-refractivity contribution in [1.82, 2.24) is 4.98 Å². The van der Waals surface area contributed by atoms with Crippen LogP contribution >= 0.6 is 34.8 Å². The maximum Gasteiger partial charge on any atom is 0.408 e. The van der Waals surface area contributed by atoms with Gasteiger partial charge in [0.05, 0.1) is 10.0 Å². The Morgan fingerprint density at radius 3 is 2.48 bits per heavy atom. The van der Waals surface area contributed by atoms with E-state index in [1.807, 2.05) is 24.3 Å². The average molecular weight is 335 g/mol. The van der Waals surface area contributed by atoms with E-state index in [0.29, 0.717) is 26.3 Å². The van der Waals surface area contributed by atoms with Gasteiger partial charge in [-0.2, -0.15) is 0 Å². The summed E-state index contributed by atoms with van der Waals surface area (Å²) < 4.78 is 5.71. The number of aromatic nitrogens is 1. The highest BCUT2D eigenvalue weighted by molar-refractivity contribution is 6.49. The highest BCUT2D eigenvalue weighted by Gasteiger charge is 2.13. The molecule has 2 aromatic carbocycles. The van der Waals surface area contributed by atoms with E-state index in [4.69, 9.17) is 39.5 Å². The monoisotopic (exact) mass is 334 g/mol. The van der Waals surface area contributed by atoms with E-state index >= 15 is 0 Å². The SMILES string of the molecule is Clc1ccc([B]Oc2c(Cl)cc(Cl)c3cccnc23)cc1. The summed E-state index contributed by atoms with van der Waals surface area (Å²) in [5.41, 5.74) is 1.50. The molecule has 3 aromatic rings. The Bertz CT molecular complexity index is 793. The molecule has 0 aliphatic carbocycles. The normalized spacial score (nSPS) is 10.6. The van der Waals surface area contributed by atoms with Crippen molar-refractivity contribution in [3.8, 4) is 5.75 Å². The van der Waals surface area contributed by atoms with Gasteiger partial charge in [0.2, 0.25) is 0 Å². The predicted octanol–water partition coefficient (Wildman–Crippen LogP) is 4.52. The van der Waals surface area contributed by atoms with Crippen molar-refractivity contribution in [3.63, 3.8) is 0 Å². The number of hydrogen-bond donors (Lipinski definition) is 0. The fourth-order valence-corrected chi connectivity index (χ4v) is 2.61. The molecule has 1 aromatic heterocycles. The van der Waals surface area contributed by atoms with Crippen molar-refractivity contribution < 1.29 is 4.65 Å². The van der Waals surface area contributed by atoms with Crippen LogP contribution in [0.25, 0.3) is 10.9 Å². The summed E-state index contributed by atoms with van der Waals surface area (Å²) in [6.45, 7) is 0. The molecule has 21 heavy (non-hydrogen) atoms. The summed E-state index contributed by atoms with van der Waals surface area (Å²) in [7, 11) is 1.60. The lowest BCUT2D eigenvalue weighted by Gasteiger charge is -2.11. The summed E-state index contributed by atoms with van der Waals surface area (Å²) in [6.07, 6.45) is 1.67. The van der Waals surface area contributed by atoms with E-state index in [1.165, 1.54) is 0 Å². The van der Waals surface area contributed by atoms with Crippen LogP contribution in [0.2, 0.25) is 15.1 Å². The molecule has 1 radical (unpaired) electrons. The third kappa shape index (κ3) is 3.10. The molecule has 0 N–H and O–H groups in total. The molecule has 0 atom stereocenters. The van der Waals surface area contributed by atoms with E-state index in [9.17, 15) is 0 Å². The molecule has 2 nitrogen and oxygen atoms in total. The van der Waals surface area contributed by atoms with E-state index in [-0.39, 0.29) is 0 Å². The topological polar surface area (TPSA) is 22.1 Å². The summed E-state index contributed by atoms with van der Waals surface area (Å²) >= 11 is 18.2. The average Bonchev–Trinajstić information content (AvgIpc) is 2.49. The van der Waals surface area contributed by atoms with Crippen LogP contribution < -0.4 is 10.1 Å². The number of rotatable bonds is 3. The minimum Gasteiger partial charge on any atom is -0.555 e. The molecule has 1 heterocycles. The molecule has 0 saturated heterocycles. The lowest BCUT2D eigenvalue weighted by atomic mass is 9.88. The first kappa shape index (κ1) is 14.5. The third-order valence-corrected chi connectivity index (χ3v) is 3.78. The largest absolute Gasteiger partial charge is 0.555 e. The van der Waals surface area contributed by atoms with Gasteiger partial charge in [-0.25, -0.2) is 0 Å². The Labute approximate surface area is 137 Å². The number of fused-ring (bicyclic) bond motifs is 1. The summed E-state index contributed by atoms with van der Waals surface area (Å²) in [6, 6.07) is 12.6. The van der Waals surface area contributed by atoms with Crippen molar-refractivity contribution in [2.24, 2.45) is 0 Å². The first-order valence-corrected chi connectivity index (χ1v) is 7.27. The van der Waals surface area contributed by atoms with E-state index < -0.39 is 0 Å². The first-order chi connectivity index (χ1) is 10.1. The molecule has 0 spiro atoms. The second-order valence-corrected chi connectivity index (χ2v) is 5.61. The Hall–Kier alpha value is -1.42. The van der Waals surface area contributed by atoms with Crippen LogP contribution in [0.15, 0.2) is 48.7 Å². The molecule has 103 valence electrons. The van der Waals surface area contributed by atoms with Crippen LogP contribution in [0.5, 0.6) is 5.75 Å². The number of hydrogen-bond acceptors (Lipinski definition) is 2. The van der Waals surface area contributed by atoms with Crippen molar-refractivity contribution in [3.05, 3.63) is 63.7 Å². The van der Waals surface area contributed by atoms with Crippen LogP contribution in [-0.4, -0.2) is 12.5 Å². The zero-order valence-electron chi connectivity index (χ0n) is 10.7. The van der Waals surface area contributed by atoms with Gasteiger partial charge in [-0.05, 0) is 35.8 Å². The predicted molar refractivity (Wildman–Crippen MR) is 89.2 cm³/mol. The van der Waals surface area contributed by atoms with Gasteiger partial charge in [-0.1, -0.05) is 46.9 Å². The van der Waals surface area contributed by atoms with Crippen LogP contribution in [0, 0.1) is 0 Å². The van der Waals surface area contributed by atoms with Gasteiger partial charge in [0.1, 0.15) is 11.3 Å². The molecular weight excluding hydrogens is 327 g/mol. The lowest BCUT2D eigenvalue weighted by molar-refractivity contribution is 0.610. The maximum absolute atomic E-state index is 6.21. The van der Waals surface area contributed by atoms with Crippen molar-refractivity contribution in [2.45, 2.75) is 0 Å². The molecule has 0 unspecified atom stereocenters. The minimum absolute atomic E-state index is 0.413. The van der Waals surface area contributed by atoms with Crippen LogP contribution in [0.3, 0.4) is 0 Å². The molecule has 0 fully saturated rings. The van der Waals surface area contributed by atoms with Crippen molar-refractivity contribution >= 4 is 58.7 Å². The number of benzene rings is 2. The lowest BCUT2D eigenvalue weighted by Crippen LogP contribution is -2.20. The molecule has 6 heteroatoms. The number of nitrogens with zero attached hydrogens (tertiary/aromatic N) is 1. The first-order valence-electron chi connectivity index (χ1n) is 6.13. The molecule has 0 amide bonds. The van der Waals surface area contributed by atoms with Gasteiger partial charge < -0.3 is 4.65 Å². The zero-order chi connectivity index (χ0) is 14.8. The Morgan fingerprint density at radius 1 is 0.952 bits per heavy atom. The summed E-state index contributed by atoms with van der Waals surface area (Å²) in [4.78, 5) is 4.29. The fraction of sp³-hybridized carbons (Fsp3) is 0. The van der Waals surface area contributed by atoms with Gasteiger partial charge in [-0.15, -0.1) is 0 Å². The van der Waals surface area contributed by atoms with Gasteiger partial charge in [0.15, 0.2) is 0 Å². The van der Waals surface area contributed by atoms with Crippen molar-refractivity contribution in [1.29, 1.82) is 0 Å². The second-order valence-electron chi connectivity index (χ2n) is 4.36. The number of pyridine rings is 1. The Morgan fingerprint density at radius 2 is 1.71 bits per heavy atom. The van der Waals surface area contributed by atoms with E-state index in [2.05, 4.69) is 4.98 Å². The zero-order valence-corrected chi connectivity index (χ0v) is 13.0. The van der Waals surface area contributed by atoms with Gasteiger partial charge in [0, 0.05) is 16.6 Å². The summed E-state index contributed by atoms with van der Waals surface area (Å²) in [5, 5.41) is 2.42. The van der Waals surface area contributed by atoms with Crippen LogP contribution in [0.4, 0.5) is 0 Å². The molecular formula is C15H8BCl3NO. The standard InChI is InChI=1S/C15H8BCl3NO/c17-10-5-3-9(4-6-10)16-21-15-13(19)8-12(18)11-2-1-7-20-14(11)15/h1-8H. The van der Waals surface area contributed by atoms with Crippen molar-refractivity contribution in [2.75, 3.05) is 0 Å². The second kappa shape index (κ2) is 6.14. The van der Waals surface area contributed by atoms with E-state index in [1.54, 1.807) is 31.9 Å². The fourth-order valence-electron chi connectivity index (χ4n) is 1.93.